The van der Waals surface area contributed by atoms with Crippen molar-refractivity contribution >= 4 is 40.6 Å². The van der Waals surface area contributed by atoms with Gasteiger partial charge in [-0.05, 0) is 91.4 Å². The molecule has 4 nitrogen and oxygen atoms in total. The van der Waals surface area contributed by atoms with E-state index in [4.69, 9.17) is 23.2 Å². The molecule has 0 N–H and O–H groups in total. The topological polar surface area (TPSA) is 32.8 Å². The molecule has 9 heteroatoms. The van der Waals surface area contributed by atoms with Crippen molar-refractivity contribution in [1.82, 2.24) is 0 Å². The van der Waals surface area contributed by atoms with Crippen LogP contribution in [-0.2, 0) is 0 Å². The Bertz CT molecular complexity index is 1270. The summed E-state index contributed by atoms with van der Waals surface area (Å²) >= 11 is 12.3. The van der Waals surface area contributed by atoms with Gasteiger partial charge in [-0.15, -0.1) is 13.2 Å². The fourth-order valence-electron chi connectivity index (χ4n) is 5.69. The first-order valence-electron chi connectivity index (χ1n) is 11.6. The van der Waals surface area contributed by atoms with Gasteiger partial charge < -0.3 is 4.74 Å². The molecule has 0 bridgehead atoms. The highest BCUT2D eigenvalue weighted by molar-refractivity contribution is 6.31. The molecule has 1 saturated heterocycles. The Balaban J connectivity index is 1.71. The molecule has 1 unspecified atom stereocenters. The number of rotatable bonds is 4. The molecule has 3 aromatic carbocycles. The number of amides is 2. The van der Waals surface area contributed by atoms with Crippen molar-refractivity contribution in [3.8, 4) is 5.75 Å². The highest BCUT2D eigenvalue weighted by Crippen LogP contribution is 2.56. The van der Waals surface area contributed by atoms with E-state index in [1.807, 2.05) is 0 Å². The third kappa shape index (κ3) is 4.50. The first kappa shape index (κ1) is 24.8. The first-order valence-corrected chi connectivity index (χ1v) is 12.3. The number of carbonyl (C=O) groups is 1. The van der Waals surface area contributed by atoms with E-state index in [-0.39, 0.29) is 11.8 Å². The lowest BCUT2D eigenvalue weighted by Crippen LogP contribution is -2.46. The maximum absolute atomic E-state index is 14.2. The molecule has 1 saturated carbocycles. The molecule has 0 radical (unpaired) electrons. The summed E-state index contributed by atoms with van der Waals surface area (Å²) in [5.41, 5.74) is 1.15. The van der Waals surface area contributed by atoms with Gasteiger partial charge in [-0.1, -0.05) is 42.3 Å². The lowest BCUT2D eigenvalue weighted by atomic mass is 9.82. The minimum absolute atomic E-state index is 0.263. The molecular weight excluding hydrogens is 512 g/mol. The largest absolute Gasteiger partial charge is 0.573 e. The van der Waals surface area contributed by atoms with Gasteiger partial charge in [0.1, 0.15) is 5.75 Å². The second kappa shape index (κ2) is 9.20. The predicted octanol–water partition coefficient (Wildman–Crippen LogP) is 8.64. The van der Waals surface area contributed by atoms with Crippen LogP contribution in [0.4, 0.5) is 29.3 Å². The summed E-state index contributed by atoms with van der Waals surface area (Å²) in [6.45, 7) is 2.13. The third-order valence-corrected chi connectivity index (χ3v) is 7.48. The summed E-state index contributed by atoms with van der Waals surface area (Å²) in [5, 5.41) is 1.06. The van der Waals surface area contributed by atoms with Crippen molar-refractivity contribution in [1.29, 1.82) is 0 Å². The number of nitrogens with zero attached hydrogens (tertiary/aromatic N) is 2. The minimum Gasteiger partial charge on any atom is -0.406 e. The van der Waals surface area contributed by atoms with E-state index in [0.717, 1.165) is 6.42 Å². The van der Waals surface area contributed by atoms with Crippen molar-refractivity contribution in [2.45, 2.75) is 44.1 Å². The van der Waals surface area contributed by atoms with Gasteiger partial charge in [0.25, 0.3) is 0 Å². The van der Waals surface area contributed by atoms with Crippen LogP contribution in [0.3, 0.4) is 0 Å². The van der Waals surface area contributed by atoms with Crippen LogP contribution >= 0.6 is 23.2 Å². The molecule has 2 fully saturated rings. The number of hydrogen-bond acceptors (Lipinski definition) is 2. The quantitative estimate of drug-likeness (QED) is 0.335. The van der Waals surface area contributed by atoms with Crippen molar-refractivity contribution in [2.24, 2.45) is 5.92 Å². The lowest BCUT2D eigenvalue weighted by Gasteiger charge is -2.39. The van der Waals surface area contributed by atoms with E-state index in [0.29, 0.717) is 45.7 Å². The van der Waals surface area contributed by atoms with Gasteiger partial charge in [0.15, 0.2) is 0 Å². The number of alkyl halides is 3. The van der Waals surface area contributed by atoms with E-state index in [9.17, 15) is 18.0 Å². The predicted molar refractivity (Wildman–Crippen MR) is 135 cm³/mol. The Hall–Kier alpha value is -2.90. The van der Waals surface area contributed by atoms with Crippen LogP contribution in [0.1, 0.15) is 37.8 Å². The Kier molecular flexibility index (Phi) is 6.33. The number of hydrogen-bond donors (Lipinski definition) is 0. The molecule has 36 heavy (non-hydrogen) atoms. The highest BCUT2D eigenvalue weighted by atomic mass is 35.5. The molecule has 3 aromatic rings. The molecule has 188 valence electrons. The number of benzene rings is 3. The van der Waals surface area contributed by atoms with Gasteiger partial charge in [-0.25, -0.2) is 4.79 Å². The average molecular weight is 535 g/mol. The number of halogens is 5. The van der Waals surface area contributed by atoms with Gasteiger partial charge >= 0.3 is 12.4 Å². The van der Waals surface area contributed by atoms with Gasteiger partial charge in [0.05, 0.1) is 11.6 Å². The summed E-state index contributed by atoms with van der Waals surface area (Å²) in [4.78, 5) is 17.7. The van der Waals surface area contributed by atoms with E-state index in [1.165, 1.54) is 18.2 Å². The third-order valence-electron chi connectivity index (χ3n) is 6.98. The Morgan fingerprint density at radius 2 is 1.56 bits per heavy atom. The van der Waals surface area contributed by atoms with Crippen LogP contribution in [0, 0.1) is 5.92 Å². The molecule has 2 amide bonds. The molecule has 1 spiro atoms. The van der Waals surface area contributed by atoms with Crippen LogP contribution in [0.2, 0.25) is 10.0 Å². The zero-order valence-corrected chi connectivity index (χ0v) is 20.8. The summed E-state index contributed by atoms with van der Waals surface area (Å²) < 4.78 is 43.3. The standard InChI is InChI=1S/C27H23Cl2F3N2O2/c1-17-13-14-26(16-17)24(18-3-2-4-23(15-18)36-27(30,31)32)33(21-9-5-19(28)6-10-21)25(35)34(26)22-11-7-20(29)8-12-22/h2-12,15,17,24H,13-14,16H2,1H3/t17-,24+,26?/m0/s1. The van der Waals surface area contributed by atoms with Crippen LogP contribution < -0.4 is 14.5 Å². The molecule has 1 aliphatic heterocycles. The molecule has 2 aliphatic rings. The number of urea groups is 1. The van der Waals surface area contributed by atoms with Crippen LogP contribution in [0.5, 0.6) is 5.75 Å². The van der Waals surface area contributed by atoms with Crippen LogP contribution in [0.25, 0.3) is 0 Å². The number of carbonyl (C=O) groups excluding carboxylic acids is 1. The molecule has 3 atom stereocenters. The summed E-state index contributed by atoms with van der Waals surface area (Å²) in [6, 6.07) is 19.0. The molecule has 1 heterocycles. The van der Waals surface area contributed by atoms with E-state index in [2.05, 4.69) is 11.7 Å². The normalized spacial score (nSPS) is 24.1. The molecular formula is C27H23Cl2F3N2O2. The van der Waals surface area contributed by atoms with Crippen molar-refractivity contribution in [3.05, 3.63) is 88.4 Å². The maximum Gasteiger partial charge on any atom is 0.573 e. The fourth-order valence-corrected chi connectivity index (χ4v) is 5.94. The number of anilines is 2. The SMILES string of the molecule is C[C@H]1CCC2(C1)[C@@H](c1cccc(OC(F)(F)F)c1)N(c1ccc(Cl)cc1)C(=O)N2c1ccc(Cl)cc1. The molecule has 1 aliphatic carbocycles. The Labute approximate surface area is 217 Å². The summed E-state index contributed by atoms with van der Waals surface area (Å²) in [7, 11) is 0. The first-order chi connectivity index (χ1) is 17.1. The summed E-state index contributed by atoms with van der Waals surface area (Å²) in [6.07, 6.45) is -2.59. The monoisotopic (exact) mass is 534 g/mol. The smallest absolute Gasteiger partial charge is 0.406 e. The highest BCUT2D eigenvalue weighted by Gasteiger charge is 2.60. The second-order valence-corrected chi connectivity index (χ2v) is 10.3. The fraction of sp³-hybridized carbons (Fsp3) is 0.296. The van der Waals surface area contributed by atoms with E-state index >= 15 is 0 Å². The van der Waals surface area contributed by atoms with Gasteiger partial charge in [-0.3, -0.25) is 9.80 Å². The zero-order valence-electron chi connectivity index (χ0n) is 19.3. The summed E-state index contributed by atoms with van der Waals surface area (Å²) in [5.74, 6) is -0.00970. The number of ether oxygens (including phenoxy) is 1. The van der Waals surface area contributed by atoms with Gasteiger partial charge in [-0.2, -0.15) is 0 Å². The Morgan fingerprint density at radius 1 is 0.944 bits per heavy atom. The second-order valence-electron chi connectivity index (χ2n) is 9.42. The van der Waals surface area contributed by atoms with Gasteiger partial charge in [0, 0.05) is 21.4 Å². The lowest BCUT2D eigenvalue weighted by molar-refractivity contribution is -0.274. The van der Waals surface area contributed by atoms with Crippen LogP contribution in [0.15, 0.2) is 72.8 Å². The van der Waals surface area contributed by atoms with Crippen molar-refractivity contribution in [2.75, 3.05) is 9.80 Å². The Morgan fingerprint density at radius 3 is 2.11 bits per heavy atom. The van der Waals surface area contributed by atoms with E-state index in [1.54, 1.807) is 64.4 Å². The van der Waals surface area contributed by atoms with E-state index < -0.39 is 17.9 Å². The van der Waals surface area contributed by atoms with Gasteiger partial charge in [0.2, 0.25) is 0 Å². The average Bonchev–Trinajstić information content (AvgIpc) is 3.31. The van der Waals surface area contributed by atoms with Crippen molar-refractivity contribution < 1.29 is 22.7 Å². The molecule has 0 aromatic heterocycles. The van der Waals surface area contributed by atoms with Crippen molar-refractivity contribution in [3.63, 3.8) is 0 Å². The maximum atomic E-state index is 14.2. The zero-order chi connectivity index (χ0) is 25.7. The van der Waals surface area contributed by atoms with Crippen LogP contribution in [-0.4, -0.2) is 17.9 Å². The molecule has 5 rings (SSSR count). The minimum atomic E-state index is -4.82.